The molecule has 0 aromatic rings. The lowest BCUT2D eigenvalue weighted by Crippen LogP contribution is -2.39. The summed E-state index contributed by atoms with van der Waals surface area (Å²) in [6, 6.07) is 0.606. The van der Waals surface area contributed by atoms with E-state index in [1.165, 1.54) is 0 Å². The van der Waals surface area contributed by atoms with Gasteiger partial charge in [-0.25, -0.2) is 0 Å². The zero-order chi connectivity index (χ0) is 7.28. The fourth-order valence-corrected chi connectivity index (χ4v) is 0.891. The minimum atomic E-state index is 0.606. The van der Waals surface area contributed by atoms with Crippen LogP contribution in [0.15, 0.2) is 0 Å². The second-order valence-electron chi connectivity index (χ2n) is 2.70. The van der Waals surface area contributed by atoms with Crippen molar-refractivity contribution in [2.75, 3.05) is 20.6 Å². The van der Waals surface area contributed by atoms with Crippen LogP contribution >= 0.6 is 0 Å². The van der Waals surface area contributed by atoms with Crippen molar-refractivity contribution >= 4 is 0 Å². The molecule has 56 valence electrons. The van der Waals surface area contributed by atoms with E-state index in [1.807, 2.05) is 14.1 Å². The van der Waals surface area contributed by atoms with E-state index < -0.39 is 0 Å². The average molecular weight is 130 g/mol. The van der Waals surface area contributed by atoms with Gasteiger partial charge in [-0.3, -0.25) is 0 Å². The molecule has 2 heteroatoms. The largest absolute Gasteiger partial charge is 0.318 e. The van der Waals surface area contributed by atoms with Crippen molar-refractivity contribution in [3.05, 3.63) is 0 Å². The molecule has 1 atom stereocenters. The summed E-state index contributed by atoms with van der Waals surface area (Å²) in [6.45, 7) is 5.49. The molecule has 0 aromatic carbocycles. The van der Waals surface area contributed by atoms with Gasteiger partial charge in [-0.15, -0.1) is 0 Å². The zero-order valence-electron chi connectivity index (χ0n) is 6.86. The number of hydrogen-bond acceptors (Lipinski definition) is 2. The molecule has 0 bridgehead atoms. The van der Waals surface area contributed by atoms with Crippen molar-refractivity contribution in [2.45, 2.75) is 19.9 Å². The van der Waals surface area contributed by atoms with Gasteiger partial charge in [0.1, 0.15) is 0 Å². The van der Waals surface area contributed by atoms with E-state index in [0.717, 1.165) is 6.54 Å². The second-order valence-corrected chi connectivity index (χ2v) is 2.70. The molecule has 0 aromatic heterocycles. The standard InChI is InChI=1S/C7H18N2/c1-6(2)7(9-4)5-8-3/h6-9H,5H2,1-4H3. The summed E-state index contributed by atoms with van der Waals surface area (Å²) in [5, 5.41) is 6.38. The highest BCUT2D eigenvalue weighted by atomic mass is 14.9. The molecule has 1 unspecified atom stereocenters. The van der Waals surface area contributed by atoms with E-state index in [9.17, 15) is 0 Å². The fourth-order valence-electron chi connectivity index (χ4n) is 0.891. The van der Waals surface area contributed by atoms with E-state index in [0.29, 0.717) is 12.0 Å². The molecule has 2 nitrogen and oxygen atoms in total. The summed E-state index contributed by atoms with van der Waals surface area (Å²) in [4.78, 5) is 0. The Hall–Kier alpha value is -0.0800. The molecule has 0 rings (SSSR count). The van der Waals surface area contributed by atoms with Crippen LogP contribution in [-0.4, -0.2) is 26.7 Å². The highest BCUT2D eigenvalue weighted by Gasteiger charge is 2.07. The Morgan fingerprint density at radius 2 is 1.78 bits per heavy atom. The van der Waals surface area contributed by atoms with Crippen molar-refractivity contribution in [3.8, 4) is 0 Å². The van der Waals surface area contributed by atoms with E-state index in [4.69, 9.17) is 0 Å². The first-order valence-corrected chi connectivity index (χ1v) is 3.54. The van der Waals surface area contributed by atoms with Gasteiger partial charge in [-0.1, -0.05) is 13.8 Å². The molecule has 2 N–H and O–H groups in total. The van der Waals surface area contributed by atoms with Crippen molar-refractivity contribution in [2.24, 2.45) is 5.92 Å². The predicted molar refractivity (Wildman–Crippen MR) is 41.6 cm³/mol. The molecule has 0 fully saturated rings. The maximum atomic E-state index is 3.24. The van der Waals surface area contributed by atoms with Crippen molar-refractivity contribution in [3.63, 3.8) is 0 Å². The van der Waals surface area contributed by atoms with Crippen molar-refractivity contribution < 1.29 is 0 Å². The Labute approximate surface area is 58.0 Å². The summed E-state index contributed by atoms with van der Waals surface area (Å²) in [5.41, 5.74) is 0. The van der Waals surface area contributed by atoms with E-state index in [2.05, 4.69) is 24.5 Å². The molecule has 0 aliphatic carbocycles. The summed E-state index contributed by atoms with van der Waals surface area (Å²) < 4.78 is 0. The molecule has 0 aliphatic rings. The molecule has 0 amide bonds. The molecule has 0 radical (unpaired) electrons. The second kappa shape index (κ2) is 4.77. The third-order valence-electron chi connectivity index (χ3n) is 1.60. The van der Waals surface area contributed by atoms with Crippen LogP contribution in [-0.2, 0) is 0 Å². The minimum Gasteiger partial charge on any atom is -0.318 e. The average Bonchev–Trinajstić information content (AvgIpc) is 1.82. The van der Waals surface area contributed by atoms with Gasteiger partial charge < -0.3 is 10.6 Å². The third-order valence-corrected chi connectivity index (χ3v) is 1.60. The lowest BCUT2D eigenvalue weighted by atomic mass is 10.1. The first-order valence-electron chi connectivity index (χ1n) is 3.54. The number of rotatable bonds is 4. The highest BCUT2D eigenvalue weighted by molar-refractivity contribution is 4.69. The molecular weight excluding hydrogens is 112 g/mol. The predicted octanol–water partition coefficient (Wildman–Crippen LogP) is 0.450. The maximum absolute atomic E-state index is 3.24. The minimum absolute atomic E-state index is 0.606. The van der Waals surface area contributed by atoms with E-state index in [1.54, 1.807) is 0 Å². The van der Waals surface area contributed by atoms with Crippen LogP contribution in [0.4, 0.5) is 0 Å². The molecule has 0 spiro atoms. The van der Waals surface area contributed by atoms with Gasteiger partial charge in [0.15, 0.2) is 0 Å². The van der Waals surface area contributed by atoms with Gasteiger partial charge in [0.2, 0.25) is 0 Å². The Kier molecular flexibility index (Phi) is 4.72. The molecule has 0 saturated carbocycles. The number of hydrogen-bond donors (Lipinski definition) is 2. The SMILES string of the molecule is CNCC(NC)C(C)C. The highest BCUT2D eigenvalue weighted by Crippen LogP contribution is 1.97. The first kappa shape index (κ1) is 8.92. The van der Waals surface area contributed by atoms with E-state index >= 15 is 0 Å². The van der Waals surface area contributed by atoms with Crippen LogP contribution in [0.25, 0.3) is 0 Å². The molecule has 0 heterocycles. The summed E-state index contributed by atoms with van der Waals surface area (Å²) in [7, 11) is 3.98. The van der Waals surface area contributed by atoms with Gasteiger partial charge >= 0.3 is 0 Å². The molecular formula is C7H18N2. The van der Waals surface area contributed by atoms with Crippen LogP contribution in [0.5, 0.6) is 0 Å². The monoisotopic (exact) mass is 130 g/mol. The summed E-state index contributed by atoms with van der Waals surface area (Å²) >= 11 is 0. The molecule has 0 saturated heterocycles. The Morgan fingerprint density at radius 1 is 1.22 bits per heavy atom. The zero-order valence-corrected chi connectivity index (χ0v) is 6.86. The smallest absolute Gasteiger partial charge is 0.0212 e. The first-order chi connectivity index (χ1) is 4.22. The quantitative estimate of drug-likeness (QED) is 0.577. The normalized spacial score (nSPS) is 14.3. The Balaban J connectivity index is 3.41. The summed E-state index contributed by atoms with van der Waals surface area (Å²) in [6.07, 6.45) is 0. The lowest BCUT2D eigenvalue weighted by molar-refractivity contribution is 0.414. The number of nitrogens with one attached hydrogen (secondary N) is 2. The van der Waals surface area contributed by atoms with Crippen LogP contribution in [0.1, 0.15) is 13.8 Å². The lowest BCUT2D eigenvalue weighted by Gasteiger charge is -2.18. The van der Waals surface area contributed by atoms with Gasteiger partial charge in [0.05, 0.1) is 0 Å². The summed E-state index contributed by atoms with van der Waals surface area (Å²) in [5.74, 6) is 0.711. The Bertz CT molecular complexity index is 61.9. The van der Waals surface area contributed by atoms with Gasteiger partial charge in [-0.2, -0.15) is 0 Å². The van der Waals surface area contributed by atoms with Crippen LogP contribution < -0.4 is 10.6 Å². The molecule has 9 heavy (non-hydrogen) atoms. The van der Waals surface area contributed by atoms with Gasteiger partial charge in [-0.05, 0) is 20.0 Å². The van der Waals surface area contributed by atoms with Crippen molar-refractivity contribution in [1.29, 1.82) is 0 Å². The van der Waals surface area contributed by atoms with Gasteiger partial charge in [0.25, 0.3) is 0 Å². The number of likely N-dealkylation sites (N-methyl/N-ethyl adjacent to an activating group) is 2. The third kappa shape index (κ3) is 3.49. The van der Waals surface area contributed by atoms with Crippen LogP contribution in [0.2, 0.25) is 0 Å². The molecule has 0 aliphatic heterocycles. The van der Waals surface area contributed by atoms with Crippen molar-refractivity contribution in [1.82, 2.24) is 10.6 Å². The van der Waals surface area contributed by atoms with Crippen LogP contribution in [0, 0.1) is 5.92 Å². The topological polar surface area (TPSA) is 24.1 Å². The Morgan fingerprint density at radius 3 is 1.89 bits per heavy atom. The van der Waals surface area contributed by atoms with Crippen LogP contribution in [0.3, 0.4) is 0 Å². The van der Waals surface area contributed by atoms with Gasteiger partial charge in [0, 0.05) is 12.6 Å². The maximum Gasteiger partial charge on any atom is 0.0212 e. The fraction of sp³-hybridized carbons (Fsp3) is 1.00. The van der Waals surface area contributed by atoms with E-state index in [-0.39, 0.29) is 0 Å².